The number of hydrogen-bond donors (Lipinski definition) is 2. The summed E-state index contributed by atoms with van der Waals surface area (Å²) in [4.78, 5) is 8.28. The number of anilines is 2. The first-order valence-electron chi connectivity index (χ1n) is 4.85. The Kier molecular flexibility index (Phi) is 2.90. The van der Waals surface area contributed by atoms with Gasteiger partial charge in [-0.1, -0.05) is 0 Å². The summed E-state index contributed by atoms with van der Waals surface area (Å²) in [6, 6.07) is 5.32. The molecular weight excluding hydrogens is 204 g/mol. The maximum absolute atomic E-state index is 5.43. The second-order valence-corrected chi connectivity index (χ2v) is 3.29. The molecule has 0 spiro atoms. The summed E-state index contributed by atoms with van der Waals surface area (Å²) in [5.41, 5.74) is 6.34. The van der Waals surface area contributed by atoms with Gasteiger partial charge >= 0.3 is 0 Å². The van der Waals surface area contributed by atoms with E-state index in [-0.39, 0.29) is 0 Å². The average Bonchev–Trinajstić information content (AvgIpc) is 2.28. The molecule has 0 saturated heterocycles. The molecule has 16 heavy (non-hydrogen) atoms. The number of aryl methyl sites for hydroxylation is 1. The summed E-state index contributed by atoms with van der Waals surface area (Å²) >= 11 is 0. The maximum Gasteiger partial charge on any atom is 0.149 e. The molecular formula is C10H12N6. The third-order valence-electron chi connectivity index (χ3n) is 1.97. The molecule has 0 saturated carbocycles. The molecule has 0 amide bonds. The van der Waals surface area contributed by atoms with Crippen molar-refractivity contribution in [3.8, 4) is 0 Å². The van der Waals surface area contributed by atoms with Crippen molar-refractivity contribution in [1.82, 2.24) is 20.2 Å². The first-order valence-corrected chi connectivity index (χ1v) is 4.85. The van der Waals surface area contributed by atoms with E-state index >= 15 is 0 Å². The van der Waals surface area contributed by atoms with Gasteiger partial charge in [0.05, 0.1) is 12.2 Å². The Bertz CT molecular complexity index is 467. The average molecular weight is 216 g/mol. The first-order chi connectivity index (χ1) is 7.74. The molecule has 2 rings (SSSR count). The van der Waals surface area contributed by atoms with E-state index in [4.69, 9.17) is 5.73 Å². The van der Waals surface area contributed by atoms with Crippen LogP contribution in [-0.4, -0.2) is 20.2 Å². The predicted octanol–water partition coefficient (Wildman–Crippen LogP) is 0.769. The second kappa shape index (κ2) is 4.52. The van der Waals surface area contributed by atoms with Crippen molar-refractivity contribution in [2.75, 3.05) is 11.1 Å². The summed E-state index contributed by atoms with van der Waals surface area (Å²) in [6.07, 6.45) is 1.73. The molecule has 0 aliphatic rings. The van der Waals surface area contributed by atoms with E-state index in [1.165, 1.54) is 0 Å². The van der Waals surface area contributed by atoms with E-state index in [2.05, 4.69) is 25.5 Å². The lowest BCUT2D eigenvalue weighted by Crippen LogP contribution is -2.05. The van der Waals surface area contributed by atoms with Crippen LogP contribution in [0.2, 0.25) is 0 Å². The highest BCUT2D eigenvalue weighted by molar-refractivity contribution is 5.38. The topological polar surface area (TPSA) is 89.6 Å². The Morgan fingerprint density at radius 1 is 1.25 bits per heavy atom. The van der Waals surface area contributed by atoms with Gasteiger partial charge in [-0.3, -0.25) is 0 Å². The van der Waals surface area contributed by atoms with E-state index in [9.17, 15) is 0 Å². The van der Waals surface area contributed by atoms with Crippen LogP contribution in [0.15, 0.2) is 24.4 Å². The number of hydrogen-bond acceptors (Lipinski definition) is 6. The molecule has 0 aromatic carbocycles. The van der Waals surface area contributed by atoms with Crippen molar-refractivity contribution in [2.45, 2.75) is 13.5 Å². The molecule has 82 valence electrons. The van der Waals surface area contributed by atoms with E-state index in [0.29, 0.717) is 18.2 Å². The van der Waals surface area contributed by atoms with E-state index in [1.807, 2.05) is 13.0 Å². The number of nitrogen functional groups attached to an aromatic ring is 1. The van der Waals surface area contributed by atoms with Gasteiger partial charge in [-0.15, -0.1) is 10.2 Å². The Hall–Kier alpha value is -2.24. The lowest BCUT2D eigenvalue weighted by Gasteiger charge is -2.04. The van der Waals surface area contributed by atoms with Gasteiger partial charge in [0.2, 0.25) is 0 Å². The highest BCUT2D eigenvalue weighted by Crippen LogP contribution is 2.04. The maximum atomic E-state index is 5.43. The van der Waals surface area contributed by atoms with E-state index < -0.39 is 0 Å². The molecule has 6 nitrogen and oxygen atoms in total. The molecule has 0 unspecified atom stereocenters. The van der Waals surface area contributed by atoms with E-state index in [0.717, 1.165) is 11.5 Å². The number of nitrogens with two attached hydrogens (primary N) is 1. The second-order valence-electron chi connectivity index (χ2n) is 3.29. The molecule has 0 aliphatic carbocycles. The summed E-state index contributed by atoms with van der Waals surface area (Å²) in [6.45, 7) is 2.44. The fraction of sp³-hybridized carbons (Fsp3) is 0.200. The zero-order valence-electron chi connectivity index (χ0n) is 8.88. The molecule has 2 aromatic heterocycles. The fourth-order valence-corrected chi connectivity index (χ4v) is 1.22. The van der Waals surface area contributed by atoms with Crippen molar-refractivity contribution < 1.29 is 0 Å². The van der Waals surface area contributed by atoms with Gasteiger partial charge in [0.15, 0.2) is 0 Å². The Morgan fingerprint density at radius 2 is 2.12 bits per heavy atom. The quantitative estimate of drug-likeness (QED) is 0.787. The van der Waals surface area contributed by atoms with Crippen molar-refractivity contribution in [2.24, 2.45) is 0 Å². The van der Waals surface area contributed by atoms with Crippen molar-refractivity contribution in [1.29, 1.82) is 0 Å². The van der Waals surface area contributed by atoms with Crippen LogP contribution in [0.25, 0.3) is 0 Å². The summed E-state index contributed by atoms with van der Waals surface area (Å²) in [7, 11) is 0. The SMILES string of the molecule is Cc1nccc(CNc2ccc(N)nn2)n1. The molecule has 0 radical (unpaired) electrons. The highest BCUT2D eigenvalue weighted by atomic mass is 15.2. The van der Waals surface area contributed by atoms with Crippen molar-refractivity contribution in [3.63, 3.8) is 0 Å². The van der Waals surface area contributed by atoms with Crippen LogP contribution in [0, 0.1) is 6.92 Å². The molecule has 2 aromatic rings. The number of rotatable bonds is 3. The summed E-state index contributed by atoms with van der Waals surface area (Å²) in [5.74, 6) is 1.83. The lowest BCUT2D eigenvalue weighted by molar-refractivity contribution is 0.937. The van der Waals surface area contributed by atoms with Crippen molar-refractivity contribution >= 4 is 11.6 Å². The van der Waals surface area contributed by atoms with Crippen LogP contribution < -0.4 is 11.1 Å². The van der Waals surface area contributed by atoms with E-state index in [1.54, 1.807) is 18.3 Å². The molecule has 3 N–H and O–H groups in total. The standard InChI is InChI=1S/C10H12N6/c1-7-12-5-4-8(14-7)6-13-10-3-2-9(11)15-16-10/h2-5H,6H2,1H3,(H2,11,15)(H,13,16). The summed E-state index contributed by atoms with van der Waals surface area (Å²) in [5, 5.41) is 10.7. The highest BCUT2D eigenvalue weighted by Gasteiger charge is 1.97. The molecule has 0 atom stereocenters. The Morgan fingerprint density at radius 3 is 2.81 bits per heavy atom. The molecule has 0 fully saturated rings. The van der Waals surface area contributed by atoms with Gasteiger partial charge in [-0.25, -0.2) is 9.97 Å². The predicted molar refractivity (Wildman–Crippen MR) is 60.5 cm³/mol. The third-order valence-corrected chi connectivity index (χ3v) is 1.97. The van der Waals surface area contributed by atoms with Crippen LogP contribution in [0.1, 0.15) is 11.5 Å². The molecule has 0 aliphatic heterocycles. The minimum absolute atomic E-state index is 0.406. The van der Waals surface area contributed by atoms with Crippen LogP contribution in [-0.2, 0) is 6.54 Å². The van der Waals surface area contributed by atoms with Gasteiger partial charge < -0.3 is 11.1 Å². The smallest absolute Gasteiger partial charge is 0.149 e. The zero-order valence-corrected chi connectivity index (χ0v) is 8.88. The molecule has 0 bridgehead atoms. The number of aromatic nitrogens is 4. The summed E-state index contributed by atoms with van der Waals surface area (Å²) < 4.78 is 0. The van der Waals surface area contributed by atoms with Gasteiger partial charge in [-0.2, -0.15) is 0 Å². The van der Waals surface area contributed by atoms with Gasteiger partial charge in [0.25, 0.3) is 0 Å². The number of nitrogens with zero attached hydrogens (tertiary/aromatic N) is 4. The molecule has 6 heteroatoms. The van der Waals surface area contributed by atoms with Gasteiger partial charge in [-0.05, 0) is 25.1 Å². The lowest BCUT2D eigenvalue weighted by atomic mass is 10.4. The molecule has 2 heterocycles. The van der Waals surface area contributed by atoms with Crippen LogP contribution in [0.3, 0.4) is 0 Å². The van der Waals surface area contributed by atoms with Gasteiger partial charge in [0.1, 0.15) is 17.5 Å². The van der Waals surface area contributed by atoms with Crippen molar-refractivity contribution in [3.05, 3.63) is 35.9 Å². The monoisotopic (exact) mass is 216 g/mol. The minimum Gasteiger partial charge on any atom is -0.382 e. The van der Waals surface area contributed by atoms with Crippen LogP contribution >= 0.6 is 0 Å². The van der Waals surface area contributed by atoms with Crippen LogP contribution in [0.4, 0.5) is 11.6 Å². The normalized spacial score (nSPS) is 10.1. The number of nitrogens with one attached hydrogen (secondary N) is 1. The first kappa shape index (κ1) is 10.3. The van der Waals surface area contributed by atoms with Crippen LogP contribution in [0.5, 0.6) is 0 Å². The van der Waals surface area contributed by atoms with Gasteiger partial charge in [0, 0.05) is 6.20 Å². The zero-order chi connectivity index (χ0) is 11.4. The Balaban J connectivity index is 1.99. The Labute approximate surface area is 93.0 Å². The minimum atomic E-state index is 0.406. The largest absolute Gasteiger partial charge is 0.382 e. The third kappa shape index (κ3) is 2.63. The fourth-order valence-electron chi connectivity index (χ4n) is 1.22.